The fourth-order valence-electron chi connectivity index (χ4n) is 1.45. The number of hydrogen-bond acceptors (Lipinski definition) is 2. The number of halogens is 3. The molecule has 1 aromatic carbocycles. The quantitative estimate of drug-likeness (QED) is 0.877. The molecule has 1 aromatic rings. The molecule has 0 aliphatic carbocycles. The molecule has 0 saturated heterocycles. The predicted octanol–water partition coefficient (Wildman–Crippen LogP) is 3.14. The fourth-order valence-corrected chi connectivity index (χ4v) is 1.98. The number of carbonyl (C=O) groups is 1. The van der Waals surface area contributed by atoms with Crippen molar-refractivity contribution in [1.29, 1.82) is 0 Å². The summed E-state index contributed by atoms with van der Waals surface area (Å²) >= 11 is 11.7. The van der Waals surface area contributed by atoms with Crippen molar-refractivity contribution in [1.82, 2.24) is 10.6 Å². The van der Waals surface area contributed by atoms with Crippen molar-refractivity contribution >= 4 is 41.5 Å². The van der Waals surface area contributed by atoms with E-state index in [1.165, 1.54) is 0 Å². The molecular formula is C12H17Cl3N2O. The van der Waals surface area contributed by atoms with Crippen molar-refractivity contribution in [2.24, 2.45) is 0 Å². The molecule has 0 aliphatic rings. The van der Waals surface area contributed by atoms with Crippen molar-refractivity contribution < 1.29 is 4.79 Å². The zero-order valence-corrected chi connectivity index (χ0v) is 12.6. The molecule has 1 atom stereocenters. The van der Waals surface area contributed by atoms with E-state index in [9.17, 15) is 4.79 Å². The summed E-state index contributed by atoms with van der Waals surface area (Å²) in [5.74, 6) is -0.167. The topological polar surface area (TPSA) is 41.1 Å². The Hall–Kier alpha value is -0.480. The maximum absolute atomic E-state index is 11.8. The van der Waals surface area contributed by atoms with Crippen LogP contribution in [0, 0.1) is 0 Å². The van der Waals surface area contributed by atoms with Crippen molar-refractivity contribution in [3.8, 4) is 0 Å². The summed E-state index contributed by atoms with van der Waals surface area (Å²) in [6.07, 6.45) is 0. The summed E-state index contributed by atoms with van der Waals surface area (Å²) in [4.78, 5) is 11.8. The van der Waals surface area contributed by atoms with Crippen molar-refractivity contribution in [2.45, 2.75) is 19.9 Å². The molecule has 0 fully saturated rings. The van der Waals surface area contributed by atoms with E-state index in [0.29, 0.717) is 22.2 Å². The maximum Gasteiger partial charge on any atom is 0.251 e. The lowest BCUT2D eigenvalue weighted by molar-refractivity contribution is 0.0950. The largest absolute Gasteiger partial charge is 0.350 e. The molecule has 2 N–H and O–H groups in total. The van der Waals surface area contributed by atoms with Gasteiger partial charge in [-0.2, -0.15) is 0 Å². The Bertz CT molecular complexity index is 379. The molecule has 102 valence electrons. The molecule has 3 nitrogen and oxygen atoms in total. The third-order valence-corrected chi connectivity index (χ3v) is 2.68. The van der Waals surface area contributed by atoms with Crippen LogP contribution >= 0.6 is 35.6 Å². The van der Waals surface area contributed by atoms with E-state index in [1.54, 1.807) is 18.2 Å². The minimum Gasteiger partial charge on any atom is -0.350 e. The zero-order valence-electron chi connectivity index (χ0n) is 10.3. The number of benzene rings is 1. The third kappa shape index (κ3) is 5.91. The third-order valence-electron chi connectivity index (χ3n) is 2.25. The van der Waals surface area contributed by atoms with E-state index < -0.39 is 0 Å². The SMILES string of the molecule is CCN[C@H](C)CNC(=O)c1cc(Cl)cc(Cl)c1.Cl. The minimum absolute atomic E-state index is 0. The van der Waals surface area contributed by atoms with Gasteiger partial charge >= 0.3 is 0 Å². The second-order valence-corrected chi connectivity index (χ2v) is 4.70. The molecule has 0 aliphatic heterocycles. The van der Waals surface area contributed by atoms with Crippen molar-refractivity contribution in [3.63, 3.8) is 0 Å². The van der Waals surface area contributed by atoms with Gasteiger partial charge < -0.3 is 10.6 Å². The van der Waals surface area contributed by atoms with E-state index in [-0.39, 0.29) is 24.4 Å². The highest BCUT2D eigenvalue weighted by Gasteiger charge is 2.08. The molecule has 0 radical (unpaired) electrons. The summed E-state index contributed by atoms with van der Waals surface area (Å²) in [5.41, 5.74) is 0.478. The van der Waals surface area contributed by atoms with Crippen LogP contribution in [0.1, 0.15) is 24.2 Å². The van der Waals surface area contributed by atoms with Gasteiger partial charge in [-0.25, -0.2) is 0 Å². The normalized spacial score (nSPS) is 11.6. The van der Waals surface area contributed by atoms with Gasteiger partial charge in [0, 0.05) is 28.2 Å². The van der Waals surface area contributed by atoms with E-state index >= 15 is 0 Å². The second-order valence-electron chi connectivity index (χ2n) is 3.83. The highest BCUT2D eigenvalue weighted by Crippen LogP contribution is 2.18. The van der Waals surface area contributed by atoms with Crippen LogP contribution < -0.4 is 10.6 Å². The predicted molar refractivity (Wildman–Crippen MR) is 79.2 cm³/mol. The molecule has 0 saturated carbocycles. The molecule has 0 aromatic heterocycles. The summed E-state index contributed by atoms with van der Waals surface area (Å²) < 4.78 is 0. The first kappa shape index (κ1) is 17.5. The Morgan fingerprint density at radius 2 is 1.83 bits per heavy atom. The number of hydrogen-bond donors (Lipinski definition) is 2. The fraction of sp³-hybridized carbons (Fsp3) is 0.417. The van der Waals surface area contributed by atoms with Gasteiger partial charge in [-0.1, -0.05) is 30.1 Å². The average Bonchev–Trinajstić information content (AvgIpc) is 2.25. The van der Waals surface area contributed by atoms with Crippen LogP contribution in [0.15, 0.2) is 18.2 Å². The van der Waals surface area contributed by atoms with Crippen LogP contribution in [-0.2, 0) is 0 Å². The Labute approximate surface area is 124 Å². The molecule has 0 spiro atoms. The molecule has 1 rings (SSSR count). The van der Waals surface area contributed by atoms with Crippen molar-refractivity contribution in [2.75, 3.05) is 13.1 Å². The molecule has 1 amide bonds. The monoisotopic (exact) mass is 310 g/mol. The summed E-state index contributed by atoms with van der Waals surface area (Å²) in [6, 6.07) is 5.03. The van der Waals surface area contributed by atoms with Gasteiger partial charge in [-0.15, -0.1) is 12.4 Å². The summed E-state index contributed by atoms with van der Waals surface area (Å²) in [7, 11) is 0. The Morgan fingerprint density at radius 3 is 2.33 bits per heavy atom. The first-order chi connectivity index (χ1) is 8.02. The molecule has 18 heavy (non-hydrogen) atoms. The van der Waals surface area contributed by atoms with Crippen LogP contribution in [0.3, 0.4) is 0 Å². The number of amides is 1. The Balaban J connectivity index is 0.00000289. The lowest BCUT2D eigenvalue weighted by atomic mass is 10.2. The lowest BCUT2D eigenvalue weighted by Crippen LogP contribution is -2.38. The van der Waals surface area contributed by atoms with Gasteiger partial charge in [0.2, 0.25) is 0 Å². The van der Waals surface area contributed by atoms with E-state index in [2.05, 4.69) is 10.6 Å². The number of rotatable bonds is 5. The average molecular weight is 312 g/mol. The molecule has 0 bridgehead atoms. The standard InChI is InChI=1S/C12H16Cl2N2O.ClH/c1-3-15-8(2)7-16-12(17)9-4-10(13)6-11(14)5-9;/h4-6,8,15H,3,7H2,1-2H3,(H,16,17);1H/t8-;/m1./s1. The van der Waals surface area contributed by atoms with Crippen LogP contribution in [-0.4, -0.2) is 25.0 Å². The van der Waals surface area contributed by atoms with Crippen LogP contribution in [0.4, 0.5) is 0 Å². The van der Waals surface area contributed by atoms with E-state index in [4.69, 9.17) is 23.2 Å². The summed E-state index contributed by atoms with van der Waals surface area (Å²) in [6.45, 7) is 5.47. The number of carbonyl (C=O) groups excluding carboxylic acids is 1. The minimum atomic E-state index is -0.167. The second kappa shape index (κ2) is 8.59. The highest BCUT2D eigenvalue weighted by atomic mass is 35.5. The van der Waals surface area contributed by atoms with Gasteiger partial charge in [0.15, 0.2) is 0 Å². The van der Waals surface area contributed by atoms with Gasteiger partial charge in [-0.05, 0) is 31.7 Å². The van der Waals surface area contributed by atoms with Crippen LogP contribution in [0.2, 0.25) is 10.0 Å². The molecular weight excluding hydrogens is 295 g/mol. The highest BCUT2D eigenvalue weighted by molar-refractivity contribution is 6.35. The molecule has 0 unspecified atom stereocenters. The van der Waals surface area contributed by atoms with Gasteiger partial charge in [0.1, 0.15) is 0 Å². The summed E-state index contributed by atoms with van der Waals surface area (Å²) in [5, 5.41) is 6.95. The number of likely N-dealkylation sites (N-methyl/N-ethyl adjacent to an activating group) is 1. The van der Waals surface area contributed by atoms with Crippen LogP contribution in [0.25, 0.3) is 0 Å². The van der Waals surface area contributed by atoms with Crippen LogP contribution in [0.5, 0.6) is 0 Å². The van der Waals surface area contributed by atoms with Gasteiger partial charge in [0.05, 0.1) is 0 Å². The van der Waals surface area contributed by atoms with Crippen molar-refractivity contribution in [3.05, 3.63) is 33.8 Å². The molecule has 0 heterocycles. The zero-order chi connectivity index (χ0) is 12.8. The van der Waals surface area contributed by atoms with E-state index in [1.807, 2.05) is 13.8 Å². The Kier molecular flexibility index (Phi) is 8.36. The maximum atomic E-state index is 11.8. The van der Waals surface area contributed by atoms with Gasteiger partial charge in [0.25, 0.3) is 5.91 Å². The first-order valence-corrected chi connectivity index (χ1v) is 6.26. The lowest BCUT2D eigenvalue weighted by Gasteiger charge is -2.13. The first-order valence-electron chi connectivity index (χ1n) is 5.50. The van der Waals surface area contributed by atoms with E-state index in [0.717, 1.165) is 6.54 Å². The Morgan fingerprint density at radius 1 is 1.28 bits per heavy atom. The smallest absolute Gasteiger partial charge is 0.251 e. The molecule has 6 heteroatoms. The van der Waals surface area contributed by atoms with Gasteiger partial charge in [-0.3, -0.25) is 4.79 Å². The number of nitrogens with one attached hydrogen (secondary N) is 2.